The van der Waals surface area contributed by atoms with Crippen molar-refractivity contribution in [1.82, 2.24) is 25.0 Å². The molecular weight excluding hydrogens is 1760 g/mol. The molecule has 25 heteroatoms. The second-order valence-electron chi connectivity index (χ2n) is 35.0. The maximum atomic E-state index is 6.11. The van der Waals surface area contributed by atoms with E-state index >= 15 is 0 Å². The number of para-hydroxylation sites is 2. The zero-order valence-electron chi connectivity index (χ0n) is 81.3. The standard InChI is InChI=1S/C25H35N2O2P.C22H29N2O2P.2C21H27N2O2P.C20H25N2O2P/c1-19-15-21(25(2,3)4)24(29-18-28-5)23(16-19)30-22-12-8-7-11-20(22)17-26-27-13-9-6-10-14-27;1-17-13-18(2)22(26-16-25-3)21(14-17)27-20-10-6-5-9-19(20)15-23-24-11-7-4-8-12-24;1-17-9-8-12-20(21(17)25-16-24-2)26-19-11-5-4-10-18(19)15-22-23-13-6-3-7-14-23;1-17-10-11-19(25-16-24-2)21(14-17)26-20-9-5-4-8-18(20)15-22-23-12-6-3-7-13-23;1-23-16-24-18-10-4-6-12-20(18)25-19-11-5-3-9-17(19)15-21-22-13-7-2-8-14-22/h7-8,11-12,15-17,30H,6,9-10,13-14,18H2,1-5H3;5-6,9-10,13-15,27H,4,7-8,11-12,16H2,1-3H3;4-5,8-12,15,26H,3,6-7,13-14,16H2,1-2H3;4-5,8-11,14-15,26H,3,6-7,12-13,16H2,1-2H3;3-6,9-12,15,25H,2,7-8,13-14,16H2,1H3/b26-17+;23-15+;2*22-15+;21-15+. The maximum absolute atomic E-state index is 6.11. The molecule has 714 valence electrons. The molecule has 20 nitrogen and oxygen atoms in total. The first-order valence-electron chi connectivity index (χ1n) is 47.4. The molecule has 5 saturated heterocycles. The fraction of sp³-hybridized carbons (Fsp3) is 0.404. The van der Waals surface area contributed by atoms with E-state index in [-0.39, 0.29) is 39.4 Å². The van der Waals surface area contributed by atoms with Gasteiger partial charge in [0.25, 0.3) is 0 Å². The molecule has 5 aliphatic heterocycles. The molecule has 0 bridgehead atoms. The highest BCUT2D eigenvalue weighted by Gasteiger charge is 2.25. The van der Waals surface area contributed by atoms with Crippen molar-refractivity contribution in [2.24, 2.45) is 25.5 Å². The van der Waals surface area contributed by atoms with Crippen molar-refractivity contribution in [3.05, 3.63) is 267 Å². The second kappa shape index (κ2) is 58.2. The highest BCUT2D eigenvalue weighted by atomic mass is 31.1. The molecule has 134 heavy (non-hydrogen) atoms. The molecule has 0 radical (unpaired) electrons. The van der Waals surface area contributed by atoms with E-state index in [2.05, 4.69) is 268 Å². The van der Waals surface area contributed by atoms with Crippen LogP contribution in [0.4, 0.5) is 0 Å². The monoisotopic (exact) mass is 1910 g/mol. The Bertz CT molecular complexity index is 5280. The highest BCUT2D eigenvalue weighted by Crippen LogP contribution is 2.36. The number of nitrogens with zero attached hydrogens (tertiary/aromatic N) is 10. The Morgan fingerprint density at radius 1 is 0.254 bits per heavy atom. The minimum Gasteiger partial charge on any atom is -0.467 e. The predicted octanol–water partition coefficient (Wildman–Crippen LogP) is 18.4. The summed E-state index contributed by atoms with van der Waals surface area (Å²) < 4.78 is 54.8. The molecule has 5 aliphatic rings. The van der Waals surface area contributed by atoms with E-state index in [9.17, 15) is 0 Å². The summed E-state index contributed by atoms with van der Waals surface area (Å²) in [6, 6.07) is 72.1. The van der Waals surface area contributed by atoms with Gasteiger partial charge in [0.05, 0.1) is 31.1 Å². The lowest BCUT2D eigenvalue weighted by Gasteiger charge is -2.26. The number of ether oxygens (including phenoxy) is 10. The topological polar surface area (TPSA) is 170 Å². The zero-order valence-corrected chi connectivity index (χ0v) is 86.3. The molecular formula is C109H143N10O10P5. The van der Waals surface area contributed by atoms with Gasteiger partial charge >= 0.3 is 0 Å². The van der Waals surface area contributed by atoms with Crippen LogP contribution in [0.25, 0.3) is 0 Å². The van der Waals surface area contributed by atoms with Crippen LogP contribution in [0.15, 0.2) is 232 Å². The van der Waals surface area contributed by atoms with Crippen molar-refractivity contribution in [2.45, 2.75) is 157 Å². The largest absolute Gasteiger partial charge is 0.467 e. The molecule has 5 unspecified atom stereocenters. The average Bonchev–Trinajstić information content (AvgIpc) is 0.789. The Kier molecular flexibility index (Phi) is 45.6. The van der Waals surface area contributed by atoms with Gasteiger partial charge in [-0.05, 0) is 215 Å². The summed E-state index contributed by atoms with van der Waals surface area (Å²) in [5.41, 5.74) is 13.1. The Hall–Kier alpha value is -9.50. The highest BCUT2D eigenvalue weighted by molar-refractivity contribution is 7.57. The van der Waals surface area contributed by atoms with Gasteiger partial charge < -0.3 is 47.4 Å². The first-order valence-corrected chi connectivity index (χ1v) is 52.4. The van der Waals surface area contributed by atoms with Gasteiger partial charge in [-0.1, -0.05) is 245 Å². The van der Waals surface area contributed by atoms with Crippen molar-refractivity contribution in [3.63, 3.8) is 0 Å². The number of piperidine rings is 5. The number of rotatable bonds is 35. The molecule has 0 amide bonds. The number of hydrazone groups is 5. The van der Waals surface area contributed by atoms with Gasteiger partial charge in [-0.2, -0.15) is 25.5 Å². The van der Waals surface area contributed by atoms with Gasteiger partial charge in [-0.3, -0.25) is 25.0 Å². The Labute approximate surface area is 808 Å². The summed E-state index contributed by atoms with van der Waals surface area (Å²) in [6.07, 6.45) is 29.1. The van der Waals surface area contributed by atoms with Gasteiger partial charge in [0.15, 0.2) is 34.0 Å². The van der Waals surface area contributed by atoms with E-state index in [1.807, 2.05) is 55.3 Å². The molecule has 0 N–H and O–H groups in total. The second-order valence-corrected chi connectivity index (χ2v) is 41.6. The SMILES string of the molecule is COCOc1c(C)cc(C)cc1Pc1ccccc1/C=N/N1CCCCC1.COCOc1c(C)cccc1Pc1ccccc1/C=N/N1CCCCC1.COCOc1c(Pc2ccccc2/C=N/N2CCCCC2)cc(C)cc1C(C)(C)C.COCOc1ccc(C)cc1Pc1ccccc1/C=N/N1CCCCC1.COCOc1ccccc1Pc1ccccc1/C=N/N1CCCCC1. The van der Waals surface area contributed by atoms with E-state index in [4.69, 9.17) is 67.8 Å². The van der Waals surface area contributed by atoms with Gasteiger partial charge in [-0.25, -0.2) is 0 Å². The predicted molar refractivity (Wildman–Crippen MR) is 572 cm³/mol. The summed E-state index contributed by atoms with van der Waals surface area (Å²) in [4.78, 5) is 0. The van der Waals surface area contributed by atoms with E-state index in [1.54, 1.807) is 35.5 Å². The molecule has 0 aliphatic carbocycles. The first-order chi connectivity index (χ1) is 65.4. The van der Waals surface area contributed by atoms with Crippen LogP contribution in [0.3, 0.4) is 0 Å². The van der Waals surface area contributed by atoms with Crippen molar-refractivity contribution in [2.75, 3.05) is 135 Å². The van der Waals surface area contributed by atoms with Crippen LogP contribution in [0.5, 0.6) is 28.7 Å². The molecule has 10 aromatic rings. The van der Waals surface area contributed by atoms with E-state index < -0.39 is 0 Å². The summed E-state index contributed by atoms with van der Waals surface area (Å²) in [6.45, 7) is 29.2. The lowest BCUT2D eigenvalue weighted by atomic mass is 9.85. The molecule has 15 rings (SSSR count). The molecule has 10 aromatic carbocycles. The molecule has 5 atom stereocenters. The molecule has 0 spiro atoms. The minimum atomic E-state index is -0.0104. The Morgan fingerprint density at radius 3 is 0.896 bits per heavy atom. The lowest BCUT2D eigenvalue weighted by molar-refractivity contribution is 0.0505. The van der Waals surface area contributed by atoms with Crippen LogP contribution in [0.1, 0.15) is 178 Å². The van der Waals surface area contributed by atoms with Crippen molar-refractivity contribution >= 4 is 127 Å². The third kappa shape index (κ3) is 35.2. The van der Waals surface area contributed by atoms with Gasteiger partial charge in [0.1, 0.15) is 28.7 Å². The van der Waals surface area contributed by atoms with E-state index in [0.717, 1.165) is 105 Å². The third-order valence-electron chi connectivity index (χ3n) is 22.9. The van der Waals surface area contributed by atoms with Crippen LogP contribution in [-0.4, -0.2) is 191 Å². The molecule has 5 heterocycles. The van der Waals surface area contributed by atoms with Crippen LogP contribution in [-0.2, 0) is 29.1 Å². The summed E-state index contributed by atoms with van der Waals surface area (Å²) in [5, 5.41) is 46.9. The first kappa shape index (κ1) is 105. The average molecular weight is 1910 g/mol. The molecule has 5 fully saturated rings. The van der Waals surface area contributed by atoms with Crippen LogP contribution >= 0.6 is 42.9 Å². The van der Waals surface area contributed by atoms with Crippen LogP contribution < -0.4 is 76.7 Å². The zero-order chi connectivity index (χ0) is 94.3. The van der Waals surface area contributed by atoms with Gasteiger partial charge in [0, 0.05) is 161 Å². The summed E-state index contributed by atoms with van der Waals surface area (Å²) in [7, 11) is 10.8. The quantitative estimate of drug-likeness (QED) is 0.0209. The van der Waals surface area contributed by atoms with Crippen LogP contribution in [0.2, 0.25) is 0 Å². The van der Waals surface area contributed by atoms with E-state index in [1.165, 1.54) is 199 Å². The number of hydrogen-bond donors (Lipinski definition) is 0. The smallest absolute Gasteiger partial charge is 0.188 e. The van der Waals surface area contributed by atoms with Crippen molar-refractivity contribution in [1.29, 1.82) is 0 Å². The normalized spacial score (nSPS) is 15.3. The fourth-order valence-electron chi connectivity index (χ4n) is 15.9. The number of aryl methyl sites for hydroxylation is 5. The number of hydrogen-bond acceptors (Lipinski definition) is 20. The number of benzene rings is 10. The minimum absolute atomic E-state index is 0.0104. The van der Waals surface area contributed by atoms with Gasteiger partial charge in [-0.15, -0.1) is 0 Å². The Morgan fingerprint density at radius 2 is 0.530 bits per heavy atom. The van der Waals surface area contributed by atoms with Gasteiger partial charge in [0.2, 0.25) is 0 Å². The molecule has 0 saturated carbocycles. The molecule has 0 aromatic heterocycles. The summed E-state index contributed by atoms with van der Waals surface area (Å²) in [5.74, 6) is 4.58. The fourth-order valence-corrected chi connectivity index (χ4v) is 22.7. The summed E-state index contributed by atoms with van der Waals surface area (Å²) >= 11 is 0. The Balaban J connectivity index is 0.000000161. The van der Waals surface area contributed by atoms with Crippen molar-refractivity contribution < 1.29 is 47.4 Å². The third-order valence-corrected chi connectivity index (χ3v) is 29.8. The maximum Gasteiger partial charge on any atom is 0.188 e. The van der Waals surface area contributed by atoms with Crippen molar-refractivity contribution in [3.8, 4) is 28.7 Å². The number of methoxy groups -OCH3 is 5. The van der Waals surface area contributed by atoms with Crippen LogP contribution in [0, 0.1) is 34.6 Å². The van der Waals surface area contributed by atoms with E-state index in [0.29, 0.717) is 42.9 Å². The lowest BCUT2D eigenvalue weighted by Crippen LogP contribution is -2.25.